The van der Waals surface area contributed by atoms with Crippen LogP contribution in [0.3, 0.4) is 0 Å². The van der Waals surface area contributed by atoms with Gasteiger partial charge in [-0.25, -0.2) is 4.98 Å². The van der Waals surface area contributed by atoms with Crippen molar-refractivity contribution < 1.29 is 9.53 Å². The summed E-state index contributed by atoms with van der Waals surface area (Å²) in [5.41, 5.74) is 1.67. The summed E-state index contributed by atoms with van der Waals surface area (Å²) < 4.78 is 6.01. The quantitative estimate of drug-likeness (QED) is 0.914. The minimum absolute atomic E-state index is 0.0107. The summed E-state index contributed by atoms with van der Waals surface area (Å²) in [5, 5.41) is 7.39. The molecule has 2 saturated heterocycles. The van der Waals surface area contributed by atoms with Gasteiger partial charge in [0.1, 0.15) is 5.69 Å². The molecule has 24 heavy (non-hydrogen) atoms. The van der Waals surface area contributed by atoms with E-state index in [0.29, 0.717) is 11.7 Å². The van der Waals surface area contributed by atoms with Gasteiger partial charge in [-0.2, -0.15) is 11.3 Å². The molecular formula is C17H20N4O2S. The summed E-state index contributed by atoms with van der Waals surface area (Å²) in [6, 6.07) is 2.52. The highest BCUT2D eigenvalue weighted by Crippen LogP contribution is 2.30. The molecule has 4 rings (SSSR count). The van der Waals surface area contributed by atoms with Gasteiger partial charge >= 0.3 is 0 Å². The van der Waals surface area contributed by atoms with E-state index in [2.05, 4.69) is 37.0 Å². The van der Waals surface area contributed by atoms with Gasteiger partial charge in [-0.3, -0.25) is 14.7 Å². The summed E-state index contributed by atoms with van der Waals surface area (Å²) >= 11 is 1.72. The lowest BCUT2D eigenvalue weighted by atomic mass is 10.0. The molecule has 2 aromatic heterocycles. The fraction of sp³-hybridized carbons (Fsp3) is 0.471. The maximum atomic E-state index is 12.4. The third kappa shape index (κ3) is 3.19. The van der Waals surface area contributed by atoms with E-state index in [1.54, 1.807) is 17.5 Å². The van der Waals surface area contributed by atoms with Crippen LogP contribution in [-0.4, -0.2) is 52.1 Å². The summed E-state index contributed by atoms with van der Waals surface area (Å²) in [5.74, 6) is -0.182. The van der Waals surface area contributed by atoms with Crippen LogP contribution in [0, 0.1) is 0 Å². The van der Waals surface area contributed by atoms with Crippen molar-refractivity contribution in [2.24, 2.45) is 0 Å². The predicted molar refractivity (Wildman–Crippen MR) is 90.8 cm³/mol. The van der Waals surface area contributed by atoms with E-state index < -0.39 is 0 Å². The minimum Gasteiger partial charge on any atom is -0.374 e. The lowest BCUT2D eigenvalue weighted by Crippen LogP contribution is -2.47. The van der Waals surface area contributed by atoms with Crippen molar-refractivity contribution in [3.05, 3.63) is 46.7 Å². The van der Waals surface area contributed by atoms with Gasteiger partial charge in [-0.15, -0.1) is 0 Å². The van der Waals surface area contributed by atoms with Crippen LogP contribution in [0.1, 0.15) is 28.9 Å². The number of ether oxygens (including phenoxy) is 1. The molecule has 2 aliphatic rings. The number of nitrogens with zero attached hydrogens (tertiary/aromatic N) is 3. The Morgan fingerprint density at radius 1 is 1.46 bits per heavy atom. The van der Waals surface area contributed by atoms with Gasteiger partial charge in [0.2, 0.25) is 0 Å². The van der Waals surface area contributed by atoms with E-state index >= 15 is 0 Å². The number of amides is 1. The second-order valence-electron chi connectivity index (χ2n) is 6.28. The molecule has 3 atom stereocenters. The number of likely N-dealkylation sites (tertiary alicyclic amines) is 1. The van der Waals surface area contributed by atoms with Gasteiger partial charge in [-0.05, 0) is 35.2 Å². The Bertz CT molecular complexity index is 679. The average Bonchev–Trinajstić information content (AvgIpc) is 3.25. The molecule has 0 aromatic carbocycles. The largest absolute Gasteiger partial charge is 0.374 e. The van der Waals surface area contributed by atoms with Crippen LogP contribution in [0.4, 0.5) is 0 Å². The van der Waals surface area contributed by atoms with E-state index in [4.69, 9.17) is 4.74 Å². The molecule has 0 bridgehead atoms. The number of aromatic nitrogens is 2. The second kappa shape index (κ2) is 6.96. The third-order valence-corrected chi connectivity index (χ3v) is 5.44. The smallest absolute Gasteiger partial charge is 0.271 e. The van der Waals surface area contributed by atoms with Crippen LogP contribution < -0.4 is 5.32 Å². The number of nitrogens with one attached hydrogen (secondary N) is 1. The molecular weight excluding hydrogens is 324 g/mol. The van der Waals surface area contributed by atoms with Crippen LogP contribution in [0.15, 0.2) is 35.4 Å². The summed E-state index contributed by atoms with van der Waals surface area (Å²) in [6.07, 6.45) is 6.84. The number of carbonyl (C=O) groups is 1. The highest BCUT2D eigenvalue weighted by molar-refractivity contribution is 7.07. The molecule has 0 radical (unpaired) electrons. The zero-order valence-electron chi connectivity index (χ0n) is 13.3. The molecule has 4 heterocycles. The van der Waals surface area contributed by atoms with Crippen molar-refractivity contribution in [3.63, 3.8) is 0 Å². The number of thiophene rings is 1. The van der Waals surface area contributed by atoms with Crippen LogP contribution in [-0.2, 0) is 11.3 Å². The molecule has 1 N–H and O–H groups in total. The lowest BCUT2D eigenvalue weighted by Gasteiger charge is -2.32. The van der Waals surface area contributed by atoms with Crippen LogP contribution in [0.25, 0.3) is 0 Å². The van der Waals surface area contributed by atoms with E-state index in [9.17, 15) is 4.79 Å². The lowest BCUT2D eigenvalue weighted by molar-refractivity contribution is -0.0211. The fourth-order valence-corrected chi connectivity index (χ4v) is 4.30. The van der Waals surface area contributed by atoms with Crippen LogP contribution in [0.5, 0.6) is 0 Å². The van der Waals surface area contributed by atoms with Gasteiger partial charge in [0.15, 0.2) is 0 Å². The SMILES string of the molecule is O=C(N[C@@H]1CN(Cc2ccsc2)[C@@H]2CCCO[C@@H]21)c1cnccn1. The van der Waals surface area contributed by atoms with E-state index in [0.717, 1.165) is 32.5 Å². The molecule has 126 valence electrons. The Morgan fingerprint density at radius 2 is 2.42 bits per heavy atom. The van der Waals surface area contributed by atoms with Gasteiger partial charge in [-0.1, -0.05) is 0 Å². The van der Waals surface area contributed by atoms with Crippen molar-refractivity contribution in [2.45, 2.75) is 37.6 Å². The monoisotopic (exact) mass is 344 g/mol. The number of hydrogen-bond acceptors (Lipinski definition) is 6. The molecule has 7 heteroatoms. The van der Waals surface area contributed by atoms with E-state index in [-0.39, 0.29) is 18.1 Å². The standard InChI is InChI=1S/C17H20N4O2S/c22-17(13-8-18-4-5-19-13)20-14-10-21(9-12-3-7-24-11-12)15-2-1-6-23-16(14)15/h3-5,7-8,11,14-16H,1-2,6,9-10H2,(H,20,22)/t14-,15-,16-/m1/s1. The summed E-state index contributed by atoms with van der Waals surface area (Å²) in [6.45, 7) is 2.48. The van der Waals surface area contributed by atoms with Crippen molar-refractivity contribution in [2.75, 3.05) is 13.2 Å². The third-order valence-electron chi connectivity index (χ3n) is 4.71. The molecule has 2 aromatic rings. The van der Waals surface area contributed by atoms with Crippen molar-refractivity contribution in [1.82, 2.24) is 20.2 Å². The number of fused-ring (bicyclic) bond motifs is 1. The molecule has 2 fully saturated rings. The van der Waals surface area contributed by atoms with Crippen molar-refractivity contribution in [1.29, 1.82) is 0 Å². The molecule has 1 amide bonds. The van der Waals surface area contributed by atoms with Gasteiger partial charge in [0.25, 0.3) is 5.91 Å². The summed E-state index contributed by atoms with van der Waals surface area (Å²) in [4.78, 5) is 22.9. The molecule has 0 saturated carbocycles. The molecule has 0 unspecified atom stereocenters. The van der Waals surface area contributed by atoms with Crippen LogP contribution in [0.2, 0.25) is 0 Å². The first-order chi connectivity index (χ1) is 11.8. The first kappa shape index (κ1) is 15.7. The Labute approximate surface area is 144 Å². The zero-order chi connectivity index (χ0) is 16.4. The average molecular weight is 344 g/mol. The predicted octanol–water partition coefficient (Wildman–Crippen LogP) is 1.70. The Hall–Kier alpha value is -1.83. The zero-order valence-corrected chi connectivity index (χ0v) is 14.1. The number of carbonyl (C=O) groups excluding carboxylic acids is 1. The first-order valence-corrected chi connectivity index (χ1v) is 9.19. The van der Waals surface area contributed by atoms with Crippen molar-refractivity contribution in [3.8, 4) is 0 Å². The van der Waals surface area contributed by atoms with E-state index in [1.807, 2.05) is 0 Å². The van der Waals surface area contributed by atoms with Crippen LogP contribution >= 0.6 is 11.3 Å². The first-order valence-electron chi connectivity index (χ1n) is 8.25. The Balaban J connectivity index is 1.47. The highest BCUT2D eigenvalue weighted by atomic mass is 32.1. The maximum Gasteiger partial charge on any atom is 0.271 e. The van der Waals surface area contributed by atoms with E-state index in [1.165, 1.54) is 18.0 Å². The summed E-state index contributed by atoms with van der Waals surface area (Å²) in [7, 11) is 0. The van der Waals surface area contributed by atoms with Gasteiger partial charge < -0.3 is 10.1 Å². The number of hydrogen-bond donors (Lipinski definition) is 1. The Morgan fingerprint density at radius 3 is 3.21 bits per heavy atom. The molecule has 0 aliphatic carbocycles. The molecule has 0 spiro atoms. The number of rotatable bonds is 4. The van der Waals surface area contributed by atoms with Gasteiger partial charge in [0, 0.05) is 38.1 Å². The second-order valence-corrected chi connectivity index (χ2v) is 7.06. The van der Waals surface area contributed by atoms with Crippen molar-refractivity contribution >= 4 is 17.2 Å². The topological polar surface area (TPSA) is 67.4 Å². The Kier molecular flexibility index (Phi) is 4.55. The fourth-order valence-electron chi connectivity index (χ4n) is 3.64. The van der Waals surface area contributed by atoms with Gasteiger partial charge in [0.05, 0.1) is 18.3 Å². The minimum atomic E-state index is -0.182. The maximum absolute atomic E-state index is 12.4. The highest BCUT2D eigenvalue weighted by Gasteiger charge is 2.44. The molecule has 6 nitrogen and oxygen atoms in total. The normalized spacial score (nSPS) is 26.9. The molecule has 2 aliphatic heterocycles.